The second-order valence-electron chi connectivity index (χ2n) is 0. The Morgan fingerprint density at radius 1 is 0.0204 bits per heavy atom. The maximum absolute atomic E-state index is 0. The molecular formula is Rf49. The van der Waals surface area contributed by atoms with Crippen LogP contribution in [-0.4, -0.2) is 0 Å². The van der Waals surface area contributed by atoms with E-state index in [1.54, 1.807) is 0 Å². The quantitative estimate of drug-likeness (QED) is 0.321. The summed E-state index contributed by atoms with van der Waals surface area (Å²) in [6, 6.07) is 0. The topological polar surface area (TPSA) is 0 Å². The first-order chi connectivity index (χ1) is 0. The molecule has 0 aromatic rings. The molecule has 0 saturated heterocycles. The fraction of sp³-hybridized carbons (Fsp3) is 0. The minimum Gasteiger partial charge on any atom is 0 e. The summed E-state index contributed by atoms with van der Waals surface area (Å²) in [5.41, 5.74) is 0. The van der Waals surface area contributed by atoms with Crippen LogP contribution in [0.4, 0.5) is 0 Å². The molecule has 0 fully saturated rings. The molecule has 98 valence electrons. The number of rotatable bonds is 0. The largest absolute Gasteiger partial charge is 0 e. The zero-order valence-electron chi connectivity index (χ0n) is 34.6. The van der Waals surface area contributed by atoms with E-state index >= 15 is 0 Å². The molecular weight excluding hydrogens is 13100 g/mol. The van der Waals surface area contributed by atoms with Crippen LogP contribution in [0, 0.1) is 0 Å². The van der Waals surface area contributed by atoms with Gasteiger partial charge in [0.1, 0.15) is 0 Å². The van der Waals surface area contributed by atoms with Crippen molar-refractivity contribution in [2.24, 2.45) is 0 Å². The van der Waals surface area contributed by atoms with Crippen LogP contribution < -0.4 is 0 Å². The van der Waals surface area contributed by atoms with Gasteiger partial charge in [-0.2, -0.15) is 0 Å². The average molecular weight is 13100 g/mol. The molecule has 0 aliphatic carbocycles. The van der Waals surface area contributed by atoms with Gasteiger partial charge in [0.25, 0.3) is 0 Å². The molecule has 0 aromatic heterocycles. The van der Waals surface area contributed by atoms with Gasteiger partial charge in [-0.25, -0.2) is 0 Å². The third-order valence-corrected chi connectivity index (χ3v) is 0. The standard InChI is InChI=1S/49Rf. The van der Waals surface area contributed by atoms with Crippen LogP contribution in [0.5, 0.6) is 0 Å². The van der Waals surface area contributed by atoms with Crippen LogP contribution >= 0.6 is 0 Å². The van der Waals surface area contributed by atoms with Crippen molar-refractivity contribution in [3.8, 4) is 0 Å². The van der Waals surface area contributed by atoms with Gasteiger partial charge in [-0.05, 0) is 0 Å². The zero-order chi connectivity index (χ0) is 0. The molecule has 0 aromatic carbocycles. The first-order valence-corrected chi connectivity index (χ1v) is 0. The van der Waals surface area contributed by atoms with Crippen molar-refractivity contribution in [1.29, 1.82) is 0 Å². The van der Waals surface area contributed by atoms with Gasteiger partial charge in [-0.15, -0.1) is 0 Å². The Morgan fingerprint density at radius 2 is 0.0204 bits per heavy atom. The summed E-state index contributed by atoms with van der Waals surface area (Å²) in [6.07, 6.45) is 0. The van der Waals surface area contributed by atoms with Crippen LogP contribution in [0.2, 0.25) is 0 Å². The SMILES string of the molecule is [Rf].[Rf].[Rf].[Rf].[Rf].[Rf].[Rf].[Rf].[Rf].[Rf].[Rf].[Rf].[Rf].[Rf].[Rf].[Rf].[Rf].[Rf].[Rf].[Rf].[Rf].[Rf].[Rf].[Rf].[Rf].[Rf].[Rf].[Rf].[Rf].[Rf].[Rf].[Rf].[Rf].[Rf].[Rf].[Rf].[Rf].[Rf].[Rf].[Rf].[Rf].[Rf].[Rf].[Rf].[Rf].[Rf].[Rf].[Rf].[Rf]. The van der Waals surface area contributed by atoms with E-state index in [2.05, 4.69) is 0 Å². The van der Waals surface area contributed by atoms with Crippen molar-refractivity contribution in [1.82, 2.24) is 0 Å². The zero-order valence-corrected chi connectivity index (χ0v) is 348. The van der Waals surface area contributed by atoms with E-state index in [0.29, 0.717) is 0 Å². The minimum atomic E-state index is 0. The van der Waals surface area contributed by atoms with Gasteiger partial charge in [0, 0.05) is 0 Å². The normalized spacial score (nSPS) is 0. The maximum Gasteiger partial charge on any atom is 0 e. The first kappa shape index (κ1) is 0. The molecule has 49 heteroatoms. The first-order valence-electron chi connectivity index (χ1n) is 0. The van der Waals surface area contributed by atoms with Gasteiger partial charge in [0.05, 0.1) is 0 Å². The van der Waals surface area contributed by atoms with E-state index in [-0.39, 0.29) is 0 Å². The van der Waals surface area contributed by atoms with Crippen LogP contribution in [0.15, 0.2) is 0 Å². The molecule has 0 atom stereocenters. The van der Waals surface area contributed by atoms with Crippen molar-refractivity contribution in [2.45, 2.75) is 0 Å². The van der Waals surface area contributed by atoms with Gasteiger partial charge < -0.3 is 0 Å². The Labute approximate surface area is 0 Å². The third-order valence-electron chi connectivity index (χ3n) is 0. The fourth-order valence-electron chi connectivity index (χ4n) is 0. The smallest absolute Gasteiger partial charge is 0 e. The molecule has 0 radical (unpaired) electrons. The molecule has 0 bridgehead atoms. The summed E-state index contributed by atoms with van der Waals surface area (Å²) in [5.74, 6) is 0. The second kappa shape index (κ2) is -0.00167. The molecule has 0 aliphatic rings. The van der Waals surface area contributed by atoms with Gasteiger partial charge in [0.2, 0.25) is 0 Å². The maximum atomic E-state index is 0. The number of hydrogen-bond acceptors (Lipinski definition) is 0. The molecule has 0 N–H and O–H groups in total. The van der Waals surface area contributed by atoms with E-state index < -0.39 is 0 Å². The van der Waals surface area contributed by atoms with Crippen molar-refractivity contribution < 1.29 is 0 Å². The molecule has 0 aliphatic heterocycles. The average Bonchev–Trinajstić information content (AvgIpc) is 0. The Morgan fingerprint density at radius 3 is 0.0204 bits per heavy atom. The molecule has 0 rings (SSSR count). The van der Waals surface area contributed by atoms with Crippen LogP contribution in [0.3, 0.4) is 0 Å². The van der Waals surface area contributed by atoms with Gasteiger partial charge in [-0.3, -0.25) is 0 Å². The molecule has 0 spiro atoms. The summed E-state index contributed by atoms with van der Waals surface area (Å²) >= 11 is 0. The molecule has 0 saturated carbocycles. The van der Waals surface area contributed by atoms with Gasteiger partial charge in [0.15, 0.2) is 0 Å². The Hall–Kier alpha value is -49.0. The molecule has 0 amide bonds. The Bertz CT molecular complexity index is 0. The molecule has 0 unspecified atom stereocenters. The summed E-state index contributed by atoms with van der Waals surface area (Å²) in [7, 11) is 0. The van der Waals surface area contributed by atoms with Crippen molar-refractivity contribution in [2.75, 3.05) is 0 Å². The van der Waals surface area contributed by atoms with E-state index in [1.165, 1.54) is 0 Å². The number of hydrogen-bond donors (Lipinski definition) is 0. The van der Waals surface area contributed by atoms with E-state index in [9.17, 15) is 0 Å². The summed E-state index contributed by atoms with van der Waals surface area (Å²) in [4.78, 5) is 0. The summed E-state index contributed by atoms with van der Waals surface area (Å²) in [5, 5.41) is 0. The predicted octanol–water partition coefficient (Wildman–Crippen LogP) is 0. The molecule has 0 nitrogen and oxygen atoms in total. The monoisotopic (exact) mass is 13100 g/mol. The Balaban J connectivity index is 0. The van der Waals surface area contributed by atoms with E-state index in [0.717, 1.165) is 0 Å². The minimum absolute atomic E-state index is 0. The fourth-order valence-corrected chi connectivity index (χ4v) is 0. The van der Waals surface area contributed by atoms with Gasteiger partial charge in [-0.1, -0.05) is 0 Å². The van der Waals surface area contributed by atoms with Crippen molar-refractivity contribution in [3.05, 3.63) is 0 Å². The Kier molecular flexibility index (Phi) is 0. The van der Waals surface area contributed by atoms with Crippen LogP contribution in [0.25, 0.3) is 0 Å². The third kappa shape index (κ3) is -0.00375. The van der Waals surface area contributed by atoms with Crippen LogP contribution in [-0.2, 0) is 0 Å². The van der Waals surface area contributed by atoms with Crippen molar-refractivity contribution in [3.63, 3.8) is 0 Å². The molecule has 49 heavy (non-hydrogen) atoms. The van der Waals surface area contributed by atoms with Crippen molar-refractivity contribution >= 4 is 0 Å². The van der Waals surface area contributed by atoms with E-state index in [4.69, 9.17) is 0 Å². The van der Waals surface area contributed by atoms with Crippen LogP contribution in [0.1, 0.15) is 0 Å². The summed E-state index contributed by atoms with van der Waals surface area (Å²) in [6.45, 7) is 0. The van der Waals surface area contributed by atoms with E-state index in [1.807, 2.05) is 0 Å². The summed E-state index contributed by atoms with van der Waals surface area (Å²) < 4.78 is 0. The second-order valence-corrected chi connectivity index (χ2v) is 0. The van der Waals surface area contributed by atoms with Gasteiger partial charge >= 0.3 is 0 Å². The molecule has 0 heterocycles. The predicted molar refractivity (Wildman–Crippen MR) is 0 cm³/mol.